The molecule has 0 aromatic heterocycles. The summed E-state index contributed by atoms with van der Waals surface area (Å²) >= 11 is 0. The fourth-order valence-corrected chi connectivity index (χ4v) is 3.97. The van der Waals surface area contributed by atoms with Crippen molar-refractivity contribution in [1.29, 1.82) is 0 Å². The van der Waals surface area contributed by atoms with Crippen molar-refractivity contribution in [3.05, 3.63) is 29.8 Å². The van der Waals surface area contributed by atoms with Crippen molar-refractivity contribution in [3.8, 4) is 0 Å². The Labute approximate surface area is 127 Å². The normalized spacial score (nSPS) is 20.0. The summed E-state index contributed by atoms with van der Waals surface area (Å²) in [6.45, 7) is 3.64. The van der Waals surface area contributed by atoms with Crippen LogP contribution in [-0.4, -0.2) is 52.4 Å². The van der Waals surface area contributed by atoms with Gasteiger partial charge in [0.15, 0.2) is 9.84 Å². The highest BCUT2D eigenvalue weighted by atomic mass is 32.2. The number of likely N-dealkylation sites (tertiary alicyclic amines) is 1. The zero-order valence-electron chi connectivity index (χ0n) is 12.5. The zero-order chi connectivity index (χ0) is 15.3. The summed E-state index contributed by atoms with van der Waals surface area (Å²) in [5.74, 6) is 0.691. The number of methoxy groups -OCH3 is 1. The Kier molecular flexibility index (Phi) is 5.75. The molecule has 1 aliphatic rings. The lowest BCUT2D eigenvalue weighted by atomic mass is 10.1. The van der Waals surface area contributed by atoms with Crippen LogP contribution >= 0.6 is 0 Å². The fraction of sp³-hybridized carbons (Fsp3) is 0.600. The second-order valence-corrected chi connectivity index (χ2v) is 7.69. The number of hydrogen-bond acceptors (Lipinski definition) is 5. The smallest absolute Gasteiger partial charge is 0.179 e. The minimum absolute atomic E-state index is 0.161. The molecule has 2 N–H and O–H groups in total. The Morgan fingerprint density at radius 2 is 2.05 bits per heavy atom. The molecule has 1 aromatic rings. The Morgan fingerprint density at radius 3 is 2.67 bits per heavy atom. The van der Waals surface area contributed by atoms with Crippen molar-refractivity contribution in [2.75, 3.05) is 39.1 Å². The SMILES string of the molecule is COCC1CCN(CCS(=O)(=O)c2ccc(CN)cc2)C1. The van der Waals surface area contributed by atoms with E-state index in [1.807, 2.05) is 0 Å². The molecule has 0 amide bonds. The van der Waals surface area contributed by atoms with Crippen LogP contribution in [0.1, 0.15) is 12.0 Å². The highest BCUT2D eigenvalue weighted by molar-refractivity contribution is 7.91. The number of nitrogens with two attached hydrogens (primary N) is 1. The molecule has 1 saturated heterocycles. The monoisotopic (exact) mass is 312 g/mol. The highest BCUT2D eigenvalue weighted by Crippen LogP contribution is 2.18. The fourth-order valence-electron chi connectivity index (χ4n) is 2.69. The maximum Gasteiger partial charge on any atom is 0.179 e. The molecule has 21 heavy (non-hydrogen) atoms. The molecule has 0 bridgehead atoms. The summed E-state index contributed by atoms with van der Waals surface area (Å²) in [4.78, 5) is 2.59. The average Bonchev–Trinajstić information content (AvgIpc) is 2.93. The molecule has 1 aromatic carbocycles. The Bertz CT molecular complexity index is 543. The van der Waals surface area contributed by atoms with Gasteiger partial charge in [0.25, 0.3) is 0 Å². The summed E-state index contributed by atoms with van der Waals surface area (Å²) in [5.41, 5.74) is 6.46. The summed E-state index contributed by atoms with van der Waals surface area (Å²) < 4.78 is 29.8. The molecule has 0 radical (unpaired) electrons. The average molecular weight is 312 g/mol. The lowest BCUT2D eigenvalue weighted by Gasteiger charge is -2.16. The zero-order valence-corrected chi connectivity index (χ0v) is 13.3. The molecule has 1 heterocycles. The molecular weight excluding hydrogens is 288 g/mol. The van der Waals surface area contributed by atoms with Crippen LogP contribution < -0.4 is 5.73 Å². The van der Waals surface area contributed by atoms with Crippen LogP contribution in [-0.2, 0) is 21.1 Å². The van der Waals surface area contributed by atoms with Gasteiger partial charge in [-0.25, -0.2) is 8.42 Å². The van der Waals surface area contributed by atoms with Crippen LogP contribution in [0.2, 0.25) is 0 Å². The number of sulfone groups is 1. The summed E-state index contributed by atoms with van der Waals surface area (Å²) in [5, 5.41) is 0. The van der Waals surface area contributed by atoms with Gasteiger partial charge in [-0.05, 0) is 36.6 Å². The van der Waals surface area contributed by atoms with Crippen molar-refractivity contribution < 1.29 is 13.2 Å². The van der Waals surface area contributed by atoms with Gasteiger partial charge in [0, 0.05) is 26.7 Å². The van der Waals surface area contributed by atoms with E-state index in [1.165, 1.54) is 0 Å². The van der Waals surface area contributed by atoms with E-state index in [0.717, 1.165) is 31.7 Å². The van der Waals surface area contributed by atoms with Gasteiger partial charge in [0.2, 0.25) is 0 Å². The molecule has 0 saturated carbocycles. The minimum atomic E-state index is -3.22. The van der Waals surface area contributed by atoms with Crippen molar-refractivity contribution in [3.63, 3.8) is 0 Å². The van der Waals surface area contributed by atoms with Gasteiger partial charge in [-0.2, -0.15) is 0 Å². The molecule has 0 aliphatic carbocycles. The van der Waals surface area contributed by atoms with E-state index in [-0.39, 0.29) is 5.75 Å². The van der Waals surface area contributed by atoms with E-state index in [9.17, 15) is 8.42 Å². The van der Waals surface area contributed by atoms with E-state index >= 15 is 0 Å². The van der Waals surface area contributed by atoms with E-state index in [2.05, 4.69) is 4.90 Å². The Hall–Kier alpha value is -0.950. The third-order valence-corrected chi connectivity index (χ3v) is 5.68. The quantitative estimate of drug-likeness (QED) is 0.809. The van der Waals surface area contributed by atoms with Gasteiger partial charge in [0.05, 0.1) is 17.3 Å². The van der Waals surface area contributed by atoms with Crippen LogP contribution in [0.4, 0.5) is 0 Å². The molecular formula is C15H24N2O3S. The number of rotatable bonds is 7. The van der Waals surface area contributed by atoms with Gasteiger partial charge in [-0.1, -0.05) is 12.1 Å². The predicted octanol–water partition coefficient (Wildman–Crippen LogP) is 0.887. The standard InChI is InChI=1S/C15H24N2O3S/c1-20-12-14-6-7-17(11-14)8-9-21(18,19)15-4-2-13(10-16)3-5-15/h2-5,14H,6-12,16H2,1H3. The van der Waals surface area contributed by atoms with Gasteiger partial charge in [-0.3, -0.25) is 0 Å². The topological polar surface area (TPSA) is 72.6 Å². The molecule has 0 spiro atoms. The molecule has 118 valence electrons. The Morgan fingerprint density at radius 1 is 1.33 bits per heavy atom. The van der Waals surface area contributed by atoms with Crippen LogP contribution in [0.3, 0.4) is 0 Å². The van der Waals surface area contributed by atoms with Gasteiger partial charge in [0.1, 0.15) is 0 Å². The van der Waals surface area contributed by atoms with Crippen molar-refractivity contribution in [2.24, 2.45) is 11.7 Å². The molecule has 1 aliphatic heterocycles. The first-order valence-electron chi connectivity index (χ1n) is 7.28. The maximum absolute atomic E-state index is 12.3. The van der Waals surface area contributed by atoms with Crippen molar-refractivity contribution in [1.82, 2.24) is 4.90 Å². The van der Waals surface area contributed by atoms with Gasteiger partial charge in [-0.15, -0.1) is 0 Å². The first kappa shape index (κ1) is 16.4. The predicted molar refractivity (Wildman–Crippen MR) is 82.8 cm³/mol. The van der Waals surface area contributed by atoms with E-state index < -0.39 is 9.84 Å². The van der Waals surface area contributed by atoms with Crippen LogP contribution in [0, 0.1) is 5.92 Å². The number of hydrogen-bond donors (Lipinski definition) is 1. The third kappa shape index (κ3) is 4.51. The lowest BCUT2D eigenvalue weighted by molar-refractivity contribution is 0.154. The first-order chi connectivity index (χ1) is 10.0. The van der Waals surface area contributed by atoms with Crippen molar-refractivity contribution >= 4 is 9.84 Å². The van der Waals surface area contributed by atoms with Crippen molar-refractivity contribution in [2.45, 2.75) is 17.9 Å². The molecule has 5 nitrogen and oxygen atoms in total. The van der Waals surface area contributed by atoms with Crippen LogP contribution in [0.15, 0.2) is 29.2 Å². The minimum Gasteiger partial charge on any atom is -0.384 e. The number of benzene rings is 1. The van der Waals surface area contributed by atoms with E-state index in [0.29, 0.717) is 23.9 Å². The van der Waals surface area contributed by atoms with Gasteiger partial charge >= 0.3 is 0 Å². The second-order valence-electron chi connectivity index (χ2n) is 5.58. The van der Waals surface area contributed by atoms with Crippen LogP contribution in [0.25, 0.3) is 0 Å². The van der Waals surface area contributed by atoms with E-state index in [4.69, 9.17) is 10.5 Å². The number of nitrogens with zero attached hydrogens (tertiary/aromatic N) is 1. The number of ether oxygens (including phenoxy) is 1. The highest BCUT2D eigenvalue weighted by Gasteiger charge is 2.24. The van der Waals surface area contributed by atoms with Crippen LogP contribution in [0.5, 0.6) is 0 Å². The third-order valence-electron chi connectivity index (χ3n) is 3.97. The summed E-state index contributed by atoms with van der Waals surface area (Å²) in [7, 11) is -1.51. The Balaban J connectivity index is 1.89. The van der Waals surface area contributed by atoms with Gasteiger partial charge < -0.3 is 15.4 Å². The second kappa shape index (κ2) is 7.35. The summed E-state index contributed by atoms with van der Waals surface area (Å²) in [6.07, 6.45) is 1.08. The molecule has 1 atom stereocenters. The molecule has 1 fully saturated rings. The summed E-state index contributed by atoms with van der Waals surface area (Å²) in [6, 6.07) is 6.85. The molecule has 1 unspecified atom stereocenters. The molecule has 6 heteroatoms. The van der Waals surface area contributed by atoms with E-state index in [1.54, 1.807) is 31.4 Å². The first-order valence-corrected chi connectivity index (χ1v) is 8.93. The maximum atomic E-state index is 12.3. The lowest BCUT2D eigenvalue weighted by Crippen LogP contribution is -2.28. The largest absolute Gasteiger partial charge is 0.384 e. The molecule has 2 rings (SSSR count).